The van der Waals surface area contributed by atoms with Crippen molar-refractivity contribution in [2.45, 2.75) is 49.7 Å². The molecule has 2 saturated heterocycles. The van der Waals surface area contributed by atoms with E-state index in [1.165, 1.54) is 22.7 Å². The second kappa shape index (κ2) is 8.16. The highest BCUT2D eigenvalue weighted by Crippen LogP contribution is 2.40. The third kappa shape index (κ3) is 3.95. The Bertz CT molecular complexity index is 759. The molecule has 0 amide bonds. The first-order chi connectivity index (χ1) is 12.8. The fourth-order valence-electron chi connectivity index (χ4n) is 4.09. The molecule has 2 aromatic heterocycles. The molecule has 2 aliphatic heterocycles. The summed E-state index contributed by atoms with van der Waals surface area (Å²) >= 11 is 2.73. The van der Waals surface area contributed by atoms with E-state index in [-0.39, 0.29) is 35.3 Å². The predicted molar refractivity (Wildman–Crippen MR) is 106 cm³/mol. The molecule has 8 heteroatoms. The fourth-order valence-corrected chi connectivity index (χ4v) is 5.80. The van der Waals surface area contributed by atoms with Crippen LogP contribution in [-0.2, 0) is 19.9 Å². The molecule has 1 N–H and O–H groups in total. The molecule has 2 aromatic rings. The van der Waals surface area contributed by atoms with Crippen LogP contribution in [0.15, 0.2) is 35.0 Å². The molecular weight excluding hydrogens is 462 g/mol. The van der Waals surface area contributed by atoms with Crippen molar-refractivity contribution in [3.05, 3.63) is 44.8 Å². The number of rotatable bonds is 5. The number of thiophene rings is 2. The minimum atomic E-state index is -1.73. The van der Waals surface area contributed by atoms with Crippen molar-refractivity contribution in [3.8, 4) is 0 Å². The Balaban J connectivity index is 0.00000225. The smallest absolute Gasteiger partial charge is 0.349 e. The number of quaternary nitrogens is 1. The average Bonchev–Trinajstić information content (AvgIpc) is 3.09. The highest BCUT2D eigenvalue weighted by Gasteiger charge is 2.53. The highest BCUT2D eigenvalue weighted by atomic mass is 79.9. The number of likely N-dealkylation sites (tertiary alicyclic amines) is 1. The monoisotopic (exact) mass is 487 g/mol. The summed E-state index contributed by atoms with van der Waals surface area (Å²) in [6.45, 7) is 3.01. The zero-order chi connectivity index (χ0) is 19.2. The van der Waals surface area contributed by atoms with Crippen LogP contribution in [0.5, 0.6) is 0 Å². The summed E-state index contributed by atoms with van der Waals surface area (Å²) in [7, 11) is 4.43. The molecule has 0 radical (unpaired) electrons. The summed E-state index contributed by atoms with van der Waals surface area (Å²) in [4.78, 5) is 14.3. The fraction of sp³-hybridized carbons (Fsp3) is 0.550. The number of hydrogen-bond acceptors (Lipinski definition) is 6. The first kappa shape index (κ1) is 21.9. The summed E-state index contributed by atoms with van der Waals surface area (Å²) in [6.07, 6.45) is 1.86. The van der Waals surface area contributed by atoms with Gasteiger partial charge in [0.1, 0.15) is 18.2 Å². The van der Waals surface area contributed by atoms with Gasteiger partial charge in [-0.1, -0.05) is 12.1 Å². The van der Waals surface area contributed by atoms with E-state index in [9.17, 15) is 9.90 Å². The molecule has 0 spiro atoms. The second-order valence-electron chi connectivity index (χ2n) is 8.09. The number of ether oxygens (including phenoxy) is 2. The van der Waals surface area contributed by atoms with E-state index >= 15 is 0 Å². The second-order valence-corrected chi connectivity index (χ2v) is 9.99. The molecule has 28 heavy (non-hydrogen) atoms. The van der Waals surface area contributed by atoms with Crippen molar-refractivity contribution in [1.29, 1.82) is 0 Å². The lowest BCUT2D eigenvalue weighted by Crippen LogP contribution is -3.00. The van der Waals surface area contributed by atoms with Gasteiger partial charge in [0.05, 0.1) is 36.5 Å². The molecule has 5 nitrogen and oxygen atoms in total. The number of aliphatic hydroxyl groups is 1. The summed E-state index contributed by atoms with van der Waals surface area (Å²) in [5.41, 5.74) is -1.73. The largest absolute Gasteiger partial charge is 1.00 e. The first-order valence-corrected chi connectivity index (χ1v) is 11.1. The topological polar surface area (TPSA) is 59.1 Å². The van der Waals surface area contributed by atoms with Gasteiger partial charge in [0, 0.05) is 12.8 Å². The number of piperidine rings is 1. The Morgan fingerprint density at radius 3 is 2.29 bits per heavy atom. The van der Waals surface area contributed by atoms with Gasteiger partial charge in [-0.05, 0) is 29.8 Å². The average molecular weight is 488 g/mol. The SMILES string of the molecule is CC1OC1C1CC(OC(=O)C(O)(c2cccs2)c2cccs2)CC[N+]1(C)C.[Br-]. The van der Waals surface area contributed by atoms with Gasteiger partial charge in [-0.3, -0.25) is 0 Å². The molecule has 0 bridgehead atoms. The van der Waals surface area contributed by atoms with Crippen molar-refractivity contribution in [3.63, 3.8) is 0 Å². The van der Waals surface area contributed by atoms with E-state index in [1.54, 1.807) is 12.1 Å². The number of hydrogen-bond donors (Lipinski definition) is 1. The molecule has 4 unspecified atom stereocenters. The Labute approximate surface area is 184 Å². The number of nitrogens with zero attached hydrogens (tertiary/aromatic N) is 1. The predicted octanol–water partition coefficient (Wildman–Crippen LogP) is -0.0126. The van der Waals surface area contributed by atoms with Crippen LogP contribution in [0.1, 0.15) is 29.5 Å². The maximum absolute atomic E-state index is 13.2. The van der Waals surface area contributed by atoms with E-state index in [4.69, 9.17) is 9.47 Å². The number of halogens is 1. The van der Waals surface area contributed by atoms with Crippen LogP contribution in [0.25, 0.3) is 0 Å². The van der Waals surface area contributed by atoms with Crippen molar-refractivity contribution in [2.24, 2.45) is 0 Å². The Morgan fingerprint density at radius 1 is 1.25 bits per heavy atom. The molecule has 4 heterocycles. The van der Waals surface area contributed by atoms with Gasteiger partial charge in [0.15, 0.2) is 0 Å². The molecule has 0 aromatic carbocycles. The molecule has 2 fully saturated rings. The number of esters is 1. The molecule has 0 aliphatic carbocycles. The van der Waals surface area contributed by atoms with Gasteiger partial charge in [-0.15, -0.1) is 22.7 Å². The molecule has 4 rings (SSSR count). The number of likely N-dealkylation sites (N-methyl/N-ethyl adjacent to an activating group) is 1. The summed E-state index contributed by atoms with van der Waals surface area (Å²) in [6, 6.07) is 7.57. The maximum Gasteiger partial charge on any atom is 0.349 e. The number of carbonyl (C=O) groups is 1. The van der Waals surface area contributed by atoms with Crippen molar-refractivity contribution < 1.29 is 40.8 Å². The van der Waals surface area contributed by atoms with Crippen LogP contribution in [0.3, 0.4) is 0 Å². The van der Waals surface area contributed by atoms with Gasteiger partial charge in [-0.2, -0.15) is 0 Å². The number of epoxide rings is 1. The summed E-state index contributed by atoms with van der Waals surface area (Å²) in [5.74, 6) is -0.576. The molecule has 0 saturated carbocycles. The van der Waals surface area contributed by atoms with Gasteiger partial charge >= 0.3 is 5.97 Å². The molecular formula is C20H26BrNO4S2. The third-order valence-corrected chi connectivity index (χ3v) is 7.85. The molecule has 154 valence electrons. The van der Waals surface area contributed by atoms with Crippen LogP contribution >= 0.6 is 22.7 Å². The van der Waals surface area contributed by atoms with E-state index in [2.05, 4.69) is 21.0 Å². The Kier molecular flexibility index (Phi) is 6.39. The number of carbonyl (C=O) groups excluding carboxylic acids is 1. The maximum atomic E-state index is 13.2. The Morgan fingerprint density at radius 2 is 1.82 bits per heavy atom. The normalized spacial score (nSPS) is 29.0. The third-order valence-electron chi connectivity index (χ3n) is 5.89. The van der Waals surface area contributed by atoms with Crippen LogP contribution in [0.2, 0.25) is 0 Å². The minimum absolute atomic E-state index is 0. The van der Waals surface area contributed by atoms with Crippen molar-refractivity contribution >= 4 is 28.6 Å². The van der Waals surface area contributed by atoms with Gasteiger partial charge in [0.25, 0.3) is 0 Å². The lowest BCUT2D eigenvalue weighted by molar-refractivity contribution is -0.921. The summed E-state index contributed by atoms with van der Waals surface area (Å²) in [5, 5.41) is 15.1. The van der Waals surface area contributed by atoms with Crippen molar-refractivity contribution in [1.82, 2.24) is 0 Å². The Hall–Kier alpha value is -0.770. The minimum Gasteiger partial charge on any atom is -1.00 e. The summed E-state index contributed by atoms with van der Waals surface area (Å²) < 4.78 is 12.5. The van der Waals surface area contributed by atoms with Crippen LogP contribution < -0.4 is 17.0 Å². The van der Waals surface area contributed by atoms with Crippen LogP contribution in [-0.4, -0.2) is 60.6 Å². The van der Waals surface area contributed by atoms with E-state index in [0.29, 0.717) is 15.8 Å². The van der Waals surface area contributed by atoms with Gasteiger partial charge in [-0.25, -0.2) is 4.79 Å². The standard InChI is InChI=1S/C20H26NO4S2.BrH/c1-13-18(24-13)15-12-14(8-9-21(15,2)3)25-19(22)20(23,16-6-4-10-26-16)17-7-5-11-27-17;/h4-7,10-11,13-15,18,23H,8-9,12H2,1-3H3;1H/q+1;/p-1. The lowest BCUT2D eigenvalue weighted by Gasteiger charge is -2.44. The van der Waals surface area contributed by atoms with Crippen LogP contribution in [0.4, 0.5) is 0 Å². The van der Waals surface area contributed by atoms with E-state index in [0.717, 1.165) is 23.9 Å². The van der Waals surface area contributed by atoms with Gasteiger partial charge < -0.3 is 36.0 Å². The molecule has 4 atom stereocenters. The quantitative estimate of drug-likeness (QED) is 0.366. The molecule has 2 aliphatic rings. The highest BCUT2D eigenvalue weighted by molar-refractivity contribution is 7.12. The first-order valence-electron chi connectivity index (χ1n) is 9.32. The lowest BCUT2D eigenvalue weighted by atomic mass is 9.93. The van der Waals surface area contributed by atoms with E-state index in [1.807, 2.05) is 22.9 Å². The van der Waals surface area contributed by atoms with Crippen molar-refractivity contribution in [2.75, 3.05) is 20.6 Å². The van der Waals surface area contributed by atoms with E-state index < -0.39 is 11.6 Å². The van der Waals surface area contributed by atoms with Crippen LogP contribution in [0, 0.1) is 0 Å². The zero-order valence-corrected chi connectivity index (χ0v) is 19.4. The van der Waals surface area contributed by atoms with Gasteiger partial charge in [0.2, 0.25) is 5.60 Å². The zero-order valence-electron chi connectivity index (χ0n) is 16.2.